The quantitative estimate of drug-likeness (QED) is 0.770. The van der Waals surface area contributed by atoms with Crippen LogP contribution in [0.25, 0.3) is 0 Å². The molecule has 1 saturated carbocycles. The lowest BCUT2D eigenvalue weighted by molar-refractivity contribution is -0.136. The molecule has 1 aliphatic heterocycles. The van der Waals surface area contributed by atoms with E-state index in [-0.39, 0.29) is 29.6 Å². The molecule has 2 atom stereocenters. The second-order valence-electron chi connectivity index (χ2n) is 7.69. The van der Waals surface area contributed by atoms with E-state index < -0.39 is 0 Å². The average Bonchev–Trinajstić information content (AvgIpc) is 3.34. The molecule has 2 aromatic rings. The molecule has 2 unspecified atom stereocenters. The molecule has 1 aromatic heterocycles. The molecule has 2 aliphatic rings. The van der Waals surface area contributed by atoms with Gasteiger partial charge in [-0.05, 0) is 54.7 Å². The average molecular weight is 417 g/mol. The monoisotopic (exact) mass is 416 g/mol. The number of likely N-dealkylation sites (tertiary alicyclic amines) is 1. The highest BCUT2D eigenvalue weighted by molar-refractivity contribution is 7.09. The summed E-state index contributed by atoms with van der Waals surface area (Å²) in [6, 6.07) is 11.9. The van der Waals surface area contributed by atoms with Crippen molar-refractivity contribution >= 4 is 34.8 Å². The summed E-state index contributed by atoms with van der Waals surface area (Å²) in [4.78, 5) is 28.4. The van der Waals surface area contributed by atoms with E-state index in [0.29, 0.717) is 19.6 Å². The van der Waals surface area contributed by atoms with Gasteiger partial charge < -0.3 is 10.2 Å². The lowest BCUT2D eigenvalue weighted by Gasteiger charge is -2.31. The summed E-state index contributed by atoms with van der Waals surface area (Å²) in [6.45, 7) is 2.03. The Labute approximate surface area is 174 Å². The van der Waals surface area contributed by atoms with Crippen molar-refractivity contribution in [3.05, 3.63) is 57.2 Å². The Balaban J connectivity index is 1.21. The van der Waals surface area contributed by atoms with E-state index in [1.807, 2.05) is 35.2 Å². The fourth-order valence-corrected chi connectivity index (χ4v) is 5.08. The third kappa shape index (κ3) is 4.41. The van der Waals surface area contributed by atoms with Crippen molar-refractivity contribution in [1.82, 2.24) is 10.2 Å². The van der Waals surface area contributed by atoms with E-state index in [9.17, 15) is 9.59 Å². The molecule has 1 N–H and O–H groups in total. The summed E-state index contributed by atoms with van der Waals surface area (Å²) in [6.07, 6.45) is 3.26. The maximum atomic E-state index is 12.8. The smallest absolute Gasteiger partial charge is 0.226 e. The first-order valence-electron chi connectivity index (χ1n) is 9.97. The van der Waals surface area contributed by atoms with Crippen molar-refractivity contribution in [2.75, 3.05) is 19.6 Å². The maximum Gasteiger partial charge on any atom is 0.226 e. The minimum absolute atomic E-state index is 0.0194. The molecule has 6 heteroatoms. The van der Waals surface area contributed by atoms with Crippen molar-refractivity contribution in [3.8, 4) is 0 Å². The molecule has 28 heavy (non-hydrogen) atoms. The summed E-state index contributed by atoms with van der Waals surface area (Å²) in [5, 5.41) is 5.86. The topological polar surface area (TPSA) is 49.4 Å². The minimum Gasteiger partial charge on any atom is -0.355 e. The molecule has 2 heterocycles. The highest BCUT2D eigenvalue weighted by Crippen LogP contribution is 2.50. The van der Waals surface area contributed by atoms with Crippen LogP contribution in [-0.2, 0) is 16.0 Å². The molecule has 0 spiro atoms. The number of nitrogens with one attached hydrogen (secondary N) is 1. The van der Waals surface area contributed by atoms with Crippen molar-refractivity contribution in [3.63, 3.8) is 0 Å². The van der Waals surface area contributed by atoms with Gasteiger partial charge in [-0.2, -0.15) is 0 Å². The van der Waals surface area contributed by atoms with E-state index >= 15 is 0 Å². The molecular weight excluding hydrogens is 392 g/mol. The molecule has 4 nitrogen and oxygen atoms in total. The molecular formula is C22H25ClN2O2S. The summed E-state index contributed by atoms with van der Waals surface area (Å²) >= 11 is 7.99. The van der Waals surface area contributed by atoms with E-state index in [2.05, 4.69) is 16.8 Å². The number of piperidine rings is 1. The number of carbonyl (C=O) groups excluding carboxylic acids is 2. The van der Waals surface area contributed by atoms with Crippen molar-refractivity contribution in [1.29, 1.82) is 0 Å². The third-order valence-corrected chi connectivity index (χ3v) is 7.12. The molecule has 0 radical (unpaired) electrons. The van der Waals surface area contributed by atoms with Gasteiger partial charge in [0.15, 0.2) is 0 Å². The summed E-state index contributed by atoms with van der Waals surface area (Å²) in [5.74, 6) is 0.673. The summed E-state index contributed by atoms with van der Waals surface area (Å²) < 4.78 is 0. The highest BCUT2D eigenvalue weighted by Gasteiger charge is 2.47. The van der Waals surface area contributed by atoms with Crippen molar-refractivity contribution in [2.45, 2.75) is 31.6 Å². The van der Waals surface area contributed by atoms with Gasteiger partial charge in [0.2, 0.25) is 11.8 Å². The van der Waals surface area contributed by atoms with E-state index in [1.54, 1.807) is 11.3 Å². The highest BCUT2D eigenvalue weighted by atomic mass is 35.5. The molecule has 1 saturated heterocycles. The van der Waals surface area contributed by atoms with E-state index in [1.165, 1.54) is 4.88 Å². The van der Waals surface area contributed by atoms with Crippen molar-refractivity contribution < 1.29 is 9.59 Å². The Bertz CT molecular complexity index is 831. The summed E-state index contributed by atoms with van der Waals surface area (Å²) in [7, 11) is 0. The number of benzene rings is 1. The number of carbonyl (C=O) groups is 2. The number of hydrogen-bond acceptors (Lipinski definition) is 3. The summed E-state index contributed by atoms with van der Waals surface area (Å²) in [5.41, 5.74) is 1.09. The molecule has 2 fully saturated rings. The van der Waals surface area contributed by atoms with Gasteiger partial charge in [0.1, 0.15) is 0 Å². The minimum atomic E-state index is 0.0194. The number of rotatable bonds is 6. The molecule has 2 amide bonds. The normalized spacial score (nSPS) is 22.1. The largest absolute Gasteiger partial charge is 0.355 e. The van der Waals surface area contributed by atoms with Gasteiger partial charge in [-0.25, -0.2) is 0 Å². The van der Waals surface area contributed by atoms with Crippen LogP contribution in [0.5, 0.6) is 0 Å². The number of nitrogens with zero attached hydrogens (tertiary/aromatic N) is 1. The standard InChI is InChI=1S/C22H25ClN2O2S/c23-20-6-2-1-5-17(20)18-14-19(18)22(27)25-11-8-15(9-12-25)21(26)24-10-7-16-4-3-13-28-16/h1-6,13,15,18-19H,7-12,14H2,(H,24,26). The van der Waals surface area contributed by atoms with Gasteiger partial charge in [-0.15, -0.1) is 11.3 Å². The SMILES string of the molecule is O=C(NCCc1cccs1)C1CCN(C(=O)C2CC2c2ccccc2Cl)CC1. The van der Waals surface area contributed by atoms with E-state index in [4.69, 9.17) is 11.6 Å². The molecule has 4 rings (SSSR count). The second kappa shape index (κ2) is 8.66. The second-order valence-corrected chi connectivity index (χ2v) is 9.13. The zero-order valence-corrected chi connectivity index (χ0v) is 17.3. The number of amides is 2. The molecule has 1 aliphatic carbocycles. The first-order chi connectivity index (χ1) is 13.6. The fraction of sp³-hybridized carbons (Fsp3) is 0.455. The van der Waals surface area contributed by atoms with Gasteiger partial charge in [-0.1, -0.05) is 35.9 Å². The Kier molecular flexibility index (Phi) is 6.02. The fourth-order valence-electron chi connectivity index (χ4n) is 4.09. The van der Waals surface area contributed by atoms with Gasteiger partial charge >= 0.3 is 0 Å². The van der Waals surface area contributed by atoms with Crippen LogP contribution in [0.1, 0.15) is 35.6 Å². The number of halogens is 1. The lowest BCUT2D eigenvalue weighted by Crippen LogP contribution is -2.44. The lowest BCUT2D eigenvalue weighted by atomic mass is 9.95. The maximum absolute atomic E-state index is 12.8. The number of hydrogen-bond donors (Lipinski definition) is 1. The van der Waals surface area contributed by atoms with Crippen LogP contribution in [0.3, 0.4) is 0 Å². The Morgan fingerprint density at radius 1 is 1.14 bits per heavy atom. The van der Waals surface area contributed by atoms with Crippen LogP contribution in [0, 0.1) is 11.8 Å². The molecule has 1 aromatic carbocycles. The van der Waals surface area contributed by atoms with E-state index in [0.717, 1.165) is 36.3 Å². The van der Waals surface area contributed by atoms with Crippen LogP contribution >= 0.6 is 22.9 Å². The van der Waals surface area contributed by atoms with Gasteiger partial charge in [0.05, 0.1) is 0 Å². The molecule has 148 valence electrons. The zero-order valence-electron chi connectivity index (χ0n) is 15.8. The van der Waals surface area contributed by atoms with Crippen LogP contribution in [-0.4, -0.2) is 36.3 Å². The van der Waals surface area contributed by atoms with Crippen LogP contribution in [0.2, 0.25) is 5.02 Å². The Hall–Kier alpha value is -1.85. The van der Waals surface area contributed by atoms with Gasteiger partial charge in [-0.3, -0.25) is 9.59 Å². The number of thiophene rings is 1. The zero-order chi connectivity index (χ0) is 19.5. The van der Waals surface area contributed by atoms with Crippen molar-refractivity contribution in [2.24, 2.45) is 11.8 Å². The van der Waals surface area contributed by atoms with Gasteiger partial charge in [0, 0.05) is 41.4 Å². The van der Waals surface area contributed by atoms with Gasteiger partial charge in [0.25, 0.3) is 0 Å². The van der Waals surface area contributed by atoms with Crippen LogP contribution in [0.15, 0.2) is 41.8 Å². The predicted molar refractivity (Wildman–Crippen MR) is 113 cm³/mol. The predicted octanol–water partition coefficient (Wildman–Crippen LogP) is 4.10. The van der Waals surface area contributed by atoms with Crippen LogP contribution < -0.4 is 5.32 Å². The Morgan fingerprint density at radius 2 is 1.93 bits per heavy atom. The first-order valence-corrected chi connectivity index (χ1v) is 11.2. The third-order valence-electron chi connectivity index (χ3n) is 5.84. The van der Waals surface area contributed by atoms with Crippen LogP contribution in [0.4, 0.5) is 0 Å². The first kappa shape index (κ1) is 19.5. The Morgan fingerprint density at radius 3 is 2.64 bits per heavy atom. The molecule has 0 bridgehead atoms.